The molecule has 1 rings (SSSR count). The Morgan fingerprint density at radius 3 is 2.44 bits per heavy atom. The van der Waals surface area contributed by atoms with Gasteiger partial charge < -0.3 is 0 Å². The summed E-state index contributed by atoms with van der Waals surface area (Å²) in [5.74, 6) is -0.0116. The Balaban J connectivity index is 2.65. The molecule has 9 heavy (non-hydrogen) atoms. The SMILES string of the molecule is CC1ON(C)C(=O)C1Br. The summed E-state index contributed by atoms with van der Waals surface area (Å²) >= 11 is 3.19. The number of carbonyl (C=O) groups is 1. The average Bonchev–Trinajstić information content (AvgIpc) is 1.98. The van der Waals surface area contributed by atoms with Gasteiger partial charge in [0.2, 0.25) is 0 Å². The fourth-order valence-corrected chi connectivity index (χ4v) is 1.11. The van der Waals surface area contributed by atoms with E-state index in [4.69, 9.17) is 4.84 Å². The van der Waals surface area contributed by atoms with Crippen molar-refractivity contribution in [1.82, 2.24) is 5.06 Å². The van der Waals surface area contributed by atoms with Crippen LogP contribution in [0, 0.1) is 0 Å². The Morgan fingerprint density at radius 2 is 2.33 bits per heavy atom. The van der Waals surface area contributed by atoms with Gasteiger partial charge in [0.1, 0.15) is 10.9 Å². The normalized spacial score (nSPS) is 35.9. The lowest BCUT2D eigenvalue weighted by Gasteiger charge is -2.05. The van der Waals surface area contributed by atoms with Gasteiger partial charge in [-0.2, -0.15) is 0 Å². The van der Waals surface area contributed by atoms with E-state index < -0.39 is 0 Å². The van der Waals surface area contributed by atoms with Crippen molar-refractivity contribution in [2.45, 2.75) is 17.9 Å². The van der Waals surface area contributed by atoms with Crippen LogP contribution in [0.15, 0.2) is 0 Å². The highest BCUT2D eigenvalue weighted by atomic mass is 79.9. The van der Waals surface area contributed by atoms with Gasteiger partial charge in [0.05, 0.1) is 0 Å². The molecule has 4 heteroatoms. The maximum absolute atomic E-state index is 10.9. The lowest BCUT2D eigenvalue weighted by Crippen LogP contribution is -2.21. The lowest BCUT2D eigenvalue weighted by molar-refractivity contribution is -0.162. The van der Waals surface area contributed by atoms with E-state index >= 15 is 0 Å². The Morgan fingerprint density at radius 1 is 1.78 bits per heavy atom. The summed E-state index contributed by atoms with van der Waals surface area (Å²) in [4.78, 5) is 15.7. The Labute approximate surface area is 62.0 Å². The summed E-state index contributed by atoms with van der Waals surface area (Å²) in [5, 5.41) is 1.25. The van der Waals surface area contributed by atoms with Crippen LogP contribution in [0.3, 0.4) is 0 Å². The second-order valence-corrected chi connectivity index (χ2v) is 3.03. The molecule has 0 aromatic heterocycles. The molecular formula is C5H8BrNO2. The molecule has 0 aromatic rings. The Hall–Kier alpha value is -0.0900. The summed E-state index contributed by atoms with van der Waals surface area (Å²) in [6.45, 7) is 1.85. The molecule has 1 fully saturated rings. The second kappa shape index (κ2) is 2.27. The van der Waals surface area contributed by atoms with Gasteiger partial charge in [0.15, 0.2) is 0 Å². The summed E-state index contributed by atoms with van der Waals surface area (Å²) < 4.78 is 0. The number of hydrogen-bond donors (Lipinski definition) is 0. The number of amides is 1. The van der Waals surface area contributed by atoms with Gasteiger partial charge >= 0.3 is 0 Å². The third-order valence-corrected chi connectivity index (χ3v) is 2.42. The van der Waals surface area contributed by atoms with Crippen molar-refractivity contribution in [3.63, 3.8) is 0 Å². The van der Waals surface area contributed by atoms with E-state index in [0.29, 0.717) is 0 Å². The number of nitrogens with zero attached hydrogens (tertiary/aromatic N) is 1. The van der Waals surface area contributed by atoms with Crippen molar-refractivity contribution in [3.05, 3.63) is 0 Å². The first-order valence-corrected chi connectivity index (χ1v) is 3.63. The van der Waals surface area contributed by atoms with Crippen LogP contribution in [0.25, 0.3) is 0 Å². The molecule has 2 unspecified atom stereocenters. The number of carbonyl (C=O) groups excluding carboxylic acids is 1. The summed E-state index contributed by atoms with van der Waals surface area (Å²) in [5.41, 5.74) is 0. The number of halogens is 1. The quantitative estimate of drug-likeness (QED) is 0.526. The maximum atomic E-state index is 10.9. The lowest BCUT2D eigenvalue weighted by atomic mass is 10.3. The predicted molar refractivity (Wildman–Crippen MR) is 36.0 cm³/mol. The zero-order valence-electron chi connectivity index (χ0n) is 5.30. The van der Waals surface area contributed by atoms with Gasteiger partial charge in [-0.3, -0.25) is 9.63 Å². The largest absolute Gasteiger partial charge is 0.271 e. The third-order valence-electron chi connectivity index (χ3n) is 1.28. The molecule has 1 saturated heterocycles. The van der Waals surface area contributed by atoms with Crippen molar-refractivity contribution in [2.75, 3.05) is 7.05 Å². The van der Waals surface area contributed by atoms with Crippen LogP contribution in [0.1, 0.15) is 6.92 Å². The topological polar surface area (TPSA) is 29.5 Å². The predicted octanol–water partition coefficient (Wildman–Crippen LogP) is 0.542. The van der Waals surface area contributed by atoms with Crippen LogP contribution in [0.5, 0.6) is 0 Å². The van der Waals surface area contributed by atoms with E-state index in [9.17, 15) is 4.79 Å². The molecule has 1 aliphatic heterocycles. The second-order valence-electron chi connectivity index (χ2n) is 2.05. The van der Waals surface area contributed by atoms with Gasteiger partial charge in [0.25, 0.3) is 5.91 Å². The molecule has 3 nitrogen and oxygen atoms in total. The maximum Gasteiger partial charge on any atom is 0.262 e. The standard InChI is InChI=1S/C5H8BrNO2/c1-3-4(6)5(8)7(2)9-3/h3-4H,1-2H3. The van der Waals surface area contributed by atoms with Crippen LogP contribution in [-0.4, -0.2) is 28.9 Å². The molecule has 1 heterocycles. The molecule has 2 atom stereocenters. The highest BCUT2D eigenvalue weighted by Gasteiger charge is 2.34. The highest BCUT2D eigenvalue weighted by molar-refractivity contribution is 9.10. The highest BCUT2D eigenvalue weighted by Crippen LogP contribution is 2.19. The smallest absolute Gasteiger partial charge is 0.262 e. The monoisotopic (exact) mass is 193 g/mol. The molecule has 1 aliphatic rings. The zero-order valence-corrected chi connectivity index (χ0v) is 6.88. The fraction of sp³-hybridized carbons (Fsp3) is 0.800. The first kappa shape index (κ1) is 7.02. The van der Waals surface area contributed by atoms with Gasteiger partial charge in [-0.25, -0.2) is 5.06 Å². The fourth-order valence-electron chi connectivity index (χ4n) is 0.729. The van der Waals surface area contributed by atoms with Crippen molar-refractivity contribution in [1.29, 1.82) is 0 Å². The zero-order chi connectivity index (χ0) is 7.02. The molecule has 0 N–H and O–H groups in total. The van der Waals surface area contributed by atoms with Crippen molar-refractivity contribution >= 4 is 21.8 Å². The molecule has 0 radical (unpaired) electrons. The molecular weight excluding hydrogens is 186 g/mol. The van der Waals surface area contributed by atoms with Crippen molar-refractivity contribution in [2.24, 2.45) is 0 Å². The van der Waals surface area contributed by atoms with Crippen molar-refractivity contribution in [3.8, 4) is 0 Å². The van der Waals surface area contributed by atoms with Crippen LogP contribution >= 0.6 is 15.9 Å². The first-order valence-electron chi connectivity index (χ1n) is 2.71. The van der Waals surface area contributed by atoms with E-state index in [2.05, 4.69) is 15.9 Å². The van der Waals surface area contributed by atoms with E-state index in [1.165, 1.54) is 5.06 Å². The van der Waals surface area contributed by atoms with Gasteiger partial charge in [0, 0.05) is 7.05 Å². The van der Waals surface area contributed by atoms with Crippen LogP contribution in [-0.2, 0) is 9.63 Å². The number of rotatable bonds is 0. The van der Waals surface area contributed by atoms with Crippen molar-refractivity contribution < 1.29 is 9.63 Å². The molecule has 52 valence electrons. The Bertz CT molecular complexity index is 139. The van der Waals surface area contributed by atoms with Crippen LogP contribution in [0.4, 0.5) is 0 Å². The average molecular weight is 194 g/mol. The third kappa shape index (κ3) is 1.09. The minimum absolute atomic E-state index is 0.0116. The van der Waals surface area contributed by atoms with Gasteiger partial charge in [-0.1, -0.05) is 15.9 Å². The summed E-state index contributed by atoms with van der Waals surface area (Å²) in [7, 11) is 1.61. The van der Waals surface area contributed by atoms with E-state index in [1.54, 1.807) is 7.05 Å². The minimum Gasteiger partial charge on any atom is -0.271 e. The molecule has 0 aromatic carbocycles. The molecule has 0 spiro atoms. The van der Waals surface area contributed by atoms with Crippen LogP contribution < -0.4 is 0 Å². The molecule has 0 aliphatic carbocycles. The molecule has 1 amide bonds. The number of hydrogen-bond acceptors (Lipinski definition) is 2. The van der Waals surface area contributed by atoms with Gasteiger partial charge in [-0.05, 0) is 6.92 Å². The molecule has 0 saturated carbocycles. The van der Waals surface area contributed by atoms with Crippen LogP contribution in [0.2, 0.25) is 0 Å². The minimum atomic E-state index is -0.164. The van der Waals surface area contributed by atoms with Gasteiger partial charge in [-0.15, -0.1) is 0 Å². The summed E-state index contributed by atoms with van der Waals surface area (Å²) in [6, 6.07) is 0. The number of hydroxylamine groups is 2. The first-order chi connectivity index (χ1) is 4.13. The van der Waals surface area contributed by atoms with E-state index in [-0.39, 0.29) is 16.8 Å². The molecule has 0 bridgehead atoms. The van der Waals surface area contributed by atoms with E-state index in [1.807, 2.05) is 6.92 Å². The van der Waals surface area contributed by atoms with E-state index in [0.717, 1.165) is 0 Å². The Kier molecular flexibility index (Phi) is 1.77. The summed E-state index contributed by atoms with van der Waals surface area (Å²) in [6.07, 6.45) is -0.0394. The number of alkyl halides is 1.